The number of nitrogens with zero attached hydrogens (tertiary/aromatic N) is 3. The maximum Gasteiger partial charge on any atom is 0.164 e. The van der Waals surface area contributed by atoms with Crippen LogP contribution in [0.1, 0.15) is 0 Å². The molecular weight excluding hydrogens is 655 g/mol. The number of aromatic nitrogens is 3. The summed E-state index contributed by atoms with van der Waals surface area (Å²) < 4.78 is 0. The standard InChI is InChI=1S/C51H33N3/c1-3-13-35(14-4-1)49-52-50(36-15-5-2-6-16-36)54-51(53-49)48-23-11-21-46-45(20-10-22-47(46)48)44-29-28-42-32-41(26-27-43(42)33-44)39-19-9-18-38(31-39)40-25-24-34-12-7-8-17-37(34)30-40/h1-33H. The summed E-state index contributed by atoms with van der Waals surface area (Å²) in [5, 5.41) is 7.17. The van der Waals surface area contributed by atoms with E-state index in [1.807, 2.05) is 60.7 Å². The molecule has 0 radical (unpaired) electrons. The summed E-state index contributed by atoms with van der Waals surface area (Å²) in [5.74, 6) is 1.96. The molecule has 0 aliphatic carbocycles. The van der Waals surface area contributed by atoms with Crippen molar-refractivity contribution in [2.45, 2.75) is 0 Å². The van der Waals surface area contributed by atoms with Crippen molar-refractivity contribution >= 4 is 32.3 Å². The van der Waals surface area contributed by atoms with Gasteiger partial charge in [-0.05, 0) is 90.0 Å². The van der Waals surface area contributed by atoms with Gasteiger partial charge >= 0.3 is 0 Å². The zero-order chi connectivity index (χ0) is 35.8. The van der Waals surface area contributed by atoms with Crippen LogP contribution in [0.2, 0.25) is 0 Å². The molecule has 252 valence electrons. The normalized spacial score (nSPS) is 11.3. The van der Waals surface area contributed by atoms with Gasteiger partial charge in [0.1, 0.15) is 0 Å². The first-order valence-corrected chi connectivity index (χ1v) is 18.3. The molecule has 0 atom stereocenters. The van der Waals surface area contributed by atoms with Gasteiger partial charge in [-0.1, -0.05) is 176 Å². The summed E-state index contributed by atoms with van der Waals surface area (Å²) in [5.41, 5.74) is 10.1. The maximum atomic E-state index is 5.04. The Morgan fingerprint density at radius 1 is 0.222 bits per heavy atom. The smallest absolute Gasteiger partial charge is 0.164 e. The Balaban J connectivity index is 1.02. The van der Waals surface area contributed by atoms with Gasteiger partial charge in [0.05, 0.1) is 0 Å². The lowest BCUT2D eigenvalue weighted by molar-refractivity contribution is 1.08. The average molecular weight is 688 g/mol. The fourth-order valence-corrected chi connectivity index (χ4v) is 7.53. The van der Waals surface area contributed by atoms with Crippen molar-refractivity contribution in [2.75, 3.05) is 0 Å². The zero-order valence-electron chi connectivity index (χ0n) is 29.4. The summed E-state index contributed by atoms with van der Waals surface area (Å²) in [6.45, 7) is 0. The first kappa shape index (κ1) is 31.5. The third kappa shape index (κ3) is 5.88. The van der Waals surface area contributed by atoms with Crippen LogP contribution in [-0.4, -0.2) is 15.0 Å². The summed E-state index contributed by atoms with van der Waals surface area (Å²) in [6.07, 6.45) is 0. The quantitative estimate of drug-likeness (QED) is 0.175. The Labute approximate surface area is 313 Å². The highest BCUT2D eigenvalue weighted by atomic mass is 15.0. The second kappa shape index (κ2) is 13.4. The summed E-state index contributed by atoms with van der Waals surface area (Å²) in [4.78, 5) is 15.0. The molecule has 0 amide bonds. The van der Waals surface area contributed by atoms with Crippen molar-refractivity contribution in [3.63, 3.8) is 0 Å². The Bertz CT molecular complexity index is 2930. The second-order valence-electron chi connectivity index (χ2n) is 13.7. The van der Waals surface area contributed by atoms with E-state index in [1.54, 1.807) is 0 Å². The molecule has 3 heteroatoms. The van der Waals surface area contributed by atoms with Gasteiger partial charge in [0.2, 0.25) is 0 Å². The predicted octanol–water partition coefficient (Wildman–Crippen LogP) is 13.3. The van der Waals surface area contributed by atoms with Gasteiger partial charge in [-0.3, -0.25) is 0 Å². The molecule has 0 bridgehead atoms. The molecule has 0 aliphatic rings. The van der Waals surface area contributed by atoms with Crippen molar-refractivity contribution in [3.05, 3.63) is 200 Å². The lowest BCUT2D eigenvalue weighted by Gasteiger charge is -2.13. The van der Waals surface area contributed by atoms with Gasteiger partial charge in [0.25, 0.3) is 0 Å². The number of hydrogen-bond acceptors (Lipinski definition) is 3. The average Bonchev–Trinajstić information content (AvgIpc) is 3.26. The number of benzene rings is 9. The zero-order valence-corrected chi connectivity index (χ0v) is 29.4. The van der Waals surface area contributed by atoms with Gasteiger partial charge in [0.15, 0.2) is 17.5 Å². The van der Waals surface area contributed by atoms with E-state index >= 15 is 0 Å². The van der Waals surface area contributed by atoms with Crippen molar-refractivity contribution in [1.82, 2.24) is 15.0 Å². The molecule has 0 unspecified atom stereocenters. The van der Waals surface area contributed by atoms with Crippen LogP contribution in [0.4, 0.5) is 0 Å². The molecule has 1 heterocycles. The minimum Gasteiger partial charge on any atom is -0.208 e. The minimum absolute atomic E-state index is 0.654. The first-order chi connectivity index (χ1) is 26.7. The maximum absolute atomic E-state index is 5.04. The first-order valence-electron chi connectivity index (χ1n) is 18.3. The van der Waals surface area contributed by atoms with E-state index in [0.717, 1.165) is 27.5 Å². The van der Waals surface area contributed by atoms with E-state index in [2.05, 4.69) is 140 Å². The van der Waals surface area contributed by atoms with E-state index in [-0.39, 0.29) is 0 Å². The van der Waals surface area contributed by atoms with Crippen LogP contribution >= 0.6 is 0 Å². The van der Waals surface area contributed by atoms with Gasteiger partial charge in [-0.2, -0.15) is 0 Å². The Morgan fingerprint density at radius 2 is 0.630 bits per heavy atom. The molecule has 0 N–H and O–H groups in total. The van der Waals surface area contributed by atoms with Gasteiger partial charge < -0.3 is 0 Å². The number of hydrogen-bond donors (Lipinski definition) is 0. The molecule has 10 aromatic rings. The summed E-state index contributed by atoms with van der Waals surface area (Å²) in [6, 6.07) is 70.8. The third-order valence-corrected chi connectivity index (χ3v) is 10.3. The van der Waals surface area contributed by atoms with Crippen molar-refractivity contribution in [1.29, 1.82) is 0 Å². The topological polar surface area (TPSA) is 38.7 Å². The van der Waals surface area contributed by atoms with Crippen molar-refractivity contribution < 1.29 is 0 Å². The molecule has 54 heavy (non-hydrogen) atoms. The molecule has 10 rings (SSSR count). The highest BCUT2D eigenvalue weighted by molar-refractivity contribution is 6.05. The van der Waals surface area contributed by atoms with Crippen LogP contribution in [0, 0.1) is 0 Å². The molecule has 0 saturated heterocycles. The lowest BCUT2D eigenvalue weighted by atomic mass is 9.93. The highest BCUT2D eigenvalue weighted by Gasteiger charge is 2.16. The summed E-state index contributed by atoms with van der Waals surface area (Å²) >= 11 is 0. The molecule has 3 nitrogen and oxygen atoms in total. The number of rotatable bonds is 6. The summed E-state index contributed by atoms with van der Waals surface area (Å²) in [7, 11) is 0. The fourth-order valence-electron chi connectivity index (χ4n) is 7.53. The molecule has 1 aromatic heterocycles. The van der Waals surface area contributed by atoms with Crippen molar-refractivity contribution in [2.24, 2.45) is 0 Å². The van der Waals surface area contributed by atoms with Crippen LogP contribution in [0.15, 0.2) is 200 Å². The Hall–Kier alpha value is -7.23. The molecular formula is C51H33N3. The largest absolute Gasteiger partial charge is 0.208 e. The molecule has 0 fully saturated rings. The minimum atomic E-state index is 0.654. The predicted molar refractivity (Wildman–Crippen MR) is 225 cm³/mol. The van der Waals surface area contributed by atoms with Crippen LogP contribution in [0.5, 0.6) is 0 Å². The Kier molecular flexibility index (Phi) is 7.81. The molecule has 0 saturated carbocycles. The fraction of sp³-hybridized carbons (Fsp3) is 0. The monoisotopic (exact) mass is 687 g/mol. The van der Waals surface area contributed by atoms with Crippen molar-refractivity contribution in [3.8, 4) is 67.5 Å². The SMILES string of the molecule is c1ccc(-c2nc(-c3ccccc3)nc(-c3cccc4c(-c5ccc6cc(-c7cccc(-c8ccc9ccccc9c8)c7)ccc6c5)cccc34)n2)cc1. The molecule has 0 spiro atoms. The van der Waals surface area contributed by atoms with Gasteiger partial charge in [0, 0.05) is 16.7 Å². The molecule has 0 aliphatic heterocycles. The van der Waals surface area contributed by atoms with Crippen LogP contribution in [0.25, 0.3) is 99.9 Å². The van der Waals surface area contributed by atoms with Crippen LogP contribution in [-0.2, 0) is 0 Å². The van der Waals surface area contributed by atoms with E-state index in [1.165, 1.54) is 54.9 Å². The van der Waals surface area contributed by atoms with Crippen LogP contribution in [0.3, 0.4) is 0 Å². The third-order valence-electron chi connectivity index (χ3n) is 10.3. The van der Waals surface area contributed by atoms with E-state index < -0.39 is 0 Å². The highest BCUT2D eigenvalue weighted by Crippen LogP contribution is 2.37. The van der Waals surface area contributed by atoms with E-state index in [9.17, 15) is 0 Å². The molecule has 9 aromatic carbocycles. The van der Waals surface area contributed by atoms with Gasteiger partial charge in [-0.15, -0.1) is 0 Å². The van der Waals surface area contributed by atoms with Gasteiger partial charge in [-0.25, -0.2) is 15.0 Å². The van der Waals surface area contributed by atoms with E-state index in [4.69, 9.17) is 15.0 Å². The van der Waals surface area contributed by atoms with Crippen LogP contribution < -0.4 is 0 Å². The second-order valence-corrected chi connectivity index (χ2v) is 13.7. The van der Waals surface area contributed by atoms with E-state index in [0.29, 0.717) is 17.5 Å². The Morgan fingerprint density at radius 3 is 1.26 bits per heavy atom. The number of fused-ring (bicyclic) bond motifs is 3. The lowest BCUT2D eigenvalue weighted by Crippen LogP contribution is -2.00.